The van der Waals surface area contributed by atoms with Gasteiger partial charge in [0.05, 0.1) is 21.2 Å². The summed E-state index contributed by atoms with van der Waals surface area (Å²) in [7, 11) is -3.53. The summed E-state index contributed by atoms with van der Waals surface area (Å²) in [5.74, 6) is -1.45. The van der Waals surface area contributed by atoms with E-state index in [2.05, 4.69) is 5.32 Å². The van der Waals surface area contributed by atoms with E-state index >= 15 is 0 Å². The highest BCUT2D eigenvalue weighted by atomic mass is 35.5. The molecule has 1 aliphatic heterocycles. The fourth-order valence-corrected chi connectivity index (χ4v) is 4.96. The molecule has 30 heavy (non-hydrogen) atoms. The van der Waals surface area contributed by atoms with E-state index in [1.54, 1.807) is 0 Å². The lowest BCUT2D eigenvalue weighted by molar-refractivity contribution is -0.119. The highest BCUT2D eigenvalue weighted by molar-refractivity contribution is 7.89. The summed E-state index contributed by atoms with van der Waals surface area (Å²) < 4.78 is 31.4. The standard InChI is InChI=1S/C19H19Cl2N3O5S/c20-12-9-15(18(22)16(21)10-12)19(26)29-11-17(25)23-13-3-5-14(6-4-13)30(27,28)24-7-1-2-8-24/h3-6,9-10H,1-2,7-8,11,22H2,(H,23,25). The summed E-state index contributed by atoms with van der Waals surface area (Å²) in [4.78, 5) is 24.4. The van der Waals surface area contributed by atoms with Crippen molar-refractivity contribution in [3.05, 3.63) is 52.0 Å². The number of hydrogen-bond donors (Lipinski definition) is 2. The number of anilines is 2. The minimum atomic E-state index is -3.53. The summed E-state index contributed by atoms with van der Waals surface area (Å²) in [6.07, 6.45) is 1.69. The van der Waals surface area contributed by atoms with Gasteiger partial charge in [-0.1, -0.05) is 23.2 Å². The zero-order valence-corrected chi connectivity index (χ0v) is 18.1. The van der Waals surface area contributed by atoms with Crippen LogP contribution in [0.3, 0.4) is 0 Å². The Morgan fingerprint density at radius 1 is 1.10 bits per heavy atom. The fraction of sp³-hybridized carbons (Fsp3) is 0.263. The molecule has 0 radical (unpaired) electrons. The van der Waals surface area contributed by atoms with Crippen LogP contribution in [0.1, 0.15) is 23.2 Å². The van der Waals surface area contributed by atoms with Crippen LogP contribution < -0.4 is 11.1 Å². The van der Waals surface area contributed by atoms with Crippen molar-refractivity contribution in [2.75, 3.05) is 30.7 Å². The first-order chi connectivity index (χ1) is 14.2. The number of esters is 1. The number of amides is 1. The molecule has 3 rings (SSSR count). The van der Waals surface area contributed by atoms with Crippen LogP contribution >= 0.6 is 23.2 Å². The highest BCUT2D eigenvalue weighted by Crippen LogP contribution is 2.28. The number of nitrogen functional groups attached to an aromatic ring is 1. The maximum absolute atomic E-state index is 12.5. The lowest BCUT2D eigenvalue weighted by atomic mass is 10.2. The molecule has 1 aliphatic rings. The molecule has 0 spiro atoms. The van der Waals surface area contributed by atoms with E-state index < -0.39 is 28.5 Å². The highest BCUT2D eigenvalue weighted by Gasteiger charge is 2.27. The minimum Gasteiger partial charge on any atom is -0.452 e. The number of rotatable bonds is 6. The monoisotopic (exact) mass is 471 g/mol. The molecule has 1 saturated heterocycles. The molecule has 2 aromatic carbocycles. The summed E-state index contributed by atoms with van der Waals surface area (Å²) >= 11 is 11.7. The van der Waals surface area contributed by atoms with Crippen LogP contribution in [0.5, 0.6) is 0 Å². The molecule has 11 heteroatoms. The molecule has 0 aromatic heterocycles. The van der Waals surface area contributed by atoms with Crippen LogP contribution in [-0.4, -0.2) is 44.3 Å². The van der Waals surface area contributed by atoms with Crippen LogP contribution in [0.4, 0.5) is 11.4 Å². The molecule has 8 nitrogen and oxygen atoms in total. The minimum absolute atomic E-state index is 0.00118. The van der Waals surface area contributed by atoms with Gasteiger partial charge in [-0.05, 0) is 49.2 Å². The van der Waals surface area contributed by atoms with Gasteiger partial charge < -0.3 is 15.8 Å². The van der Waals surface area contributed by atoms with Crippen LogP contribution in [0.25, 0.3) is 0 Å². The third-order valence-electron chi connectivity index (χ3n) is 4.49. The Balaban J connectivity index is 1.58. The van der Waals surface area contributed by atoms with E-state index in [4.69, 9.17) is 33.7 Å². The zero-order valence-electron chi connectivity index (χ0n) is 15.7. The number of sulfonamides is 1. The predicted octanol–water partition coefficient (Wildman–Crippen LogP) is 3.16. The van der Waals surface area contributed by atoms with Crippen molar-refractivity contribution in [3.63, 3.8) is 0 Å². The molecule has 2 aromatic rings. The van der Waals surface area contributed by atoms with Gasteiger partial charge in [0.25, 0.3) is 5.91 Å². The van der Waals surface area contributed by atoms with Gasteiger partial charge in [0.2, 0.25) is 10.0 Å². The predicted molar refractivity (Wildman–Crippen MR) is 114 cm³/mol. The third kappa shape index (κ3) is 5.04. The normalized spacial score (nSPS) is 14.5. The molecule has 1 heterocycles. The van der Waals surface area contributed by atoms with Crippen LogP contribution in [-0.2, 0) is 19.6 Å². The van der Waals surface area contributed by atoms with E-state index in [9.17, 15) is 18.0 Å². The number of ether oxygens (including phenoxy) is 1. The third-order valence-corrected chi connectivity index (χ3v) is 6.93. The first-order valence-corrected chi connectivity index (χ1v) is 11.2. The summed E-state index contributed by atoms with van der Waals surface area (Å²) in [6, 6.07) is 8.46. The van der Waals surface area contributed by atoms with E-state index in [0.29, 0.717) is 18.8 Å². The largest absolute Gasteiger partial charge is 0.452 e. The van der Waals surface area contributed by atoms with Gasteiger partial charge in [-0.2, -0.15) is 4.31 Å². The fourth-order valence-electron chi connectivity index (χ4n) is 2.95. The first kappa shape index (κ1) is 22.4. The molecule has 1 fully saturated rings. The molecule has 3 N–H and O–H groups in total. The molecule has 0 unspecified atom stereocenters. The second-order valence-electron chi connectivity index (χ2n) is 6.61. The summed E-state index contributed by atoms with van der Waals surface area (Å²) in [5, 5.41) is 2.83. The number of benzene rings is 2. The Hall–Kier alpha value is -2.33. The molecule has 0 saturated carbocycles. The maximum atomic E-state index is 12.5. The SMILES string of the molecule is Nc1c(Cl)cc(Cl)cc1C(=O)OCC(=O)Nc1ccc(S(=O)(=O)N2CCCC2)cc1. The zero-order chi connectivity index (χ0) is 21.9. The van der Waals surface area contributed by atoms with Crippen molar-refractivity contribution in [1.82, 2.24) is 4.31 Å². The van der Waals surface area contributed by atoms with Crippen molar-refractivity contribution < 1.29 is 22.7 Å². The summed E-state index contributed by atoms with van der Waals surface area (Å²) in [5.41, 5.74) is 6.05. The second-order valence-corrected chi connectivity index (χ2v) is 9.39. The van der Waals surface area contributed by atoms with Gasteiger partial charge in [-0.15, -0.1) is 0 Å². The Morgan fingerprint density at radius 2 is 1.73 bits per heavy atom. The summed E-state index contributed by atoms with van der Waals surface area (Å²) in [6.45, 7) is 0.444. The second kappa shape index (κ2) is 9.22. The van der Waals surface area contributed by atoms with Crippen molar-refractivity contribution >= 4 is 56.5 Å². The number of nitrogens with two attached hydrogens (primary N) is 1. The molecule has 0 atom stereocenters. The van der Waals surface area contributed by atoms with Crippen molar-refractivity contribution in [2.24, 2.45) is 0 Å². The number of halogens is 2. The van der Waals surface area contributed by atoms with Gasteiger partial charge in [-0.3, -0.25) is 4.79 Å². The molecule has 0 bridgehead atoms. The van der Waals surface area contributed by atoms with E-state index in [1.807, 2.05) is 0 Å². The number of nitrogens with one attached hydrogen (secondary N) is 1. The van der Waals surface area contributed by atoms with Gasteiger partial charge in [-0.25, -0.2) is 13.2 Å². The Kier molecular flexibility index (Phi) is 6.87. The smallest absolute Gasteiger partial charge is 0.340 e. The topological polar surface area (TPSA) is 119 Å². The quantitative estimate of drug-likeness (QED) is 0.493. The lowest BCUT2D eigenvalue weighted by Gasteiger charge is -2.15. The van der Waals surface area contributed by atoms with Crippen molar-refractivity contribution in [1.29, 1.82) is 0 Å². The molecule has 1 amide bonds. The molecular weight excluding hydrogens is 453 g/mol. The number of hydrogen-bond acceptors (Lipinski definition) is 6. The molecular formula is C19H19Cl2N3O5S. The maximum Gasteiger partial charge on any atom is 0.340 e. The number of carbonyl (C=O) groups excluding carboxylic acids is 2. The Bertz CT molecular complexity index is 1070. The van der Waals surface area contributed by atoms with E-state index in [1.165, 1.54) is 40.7 Å². The van der Waals surface area contributed by atoms with Gasteiger partial charge in [0.1, 0.15) is 0 Å². The lowest BCUT2D eigenvalue weighted by Crippen LogP contribution is -2.27. The van der Waals surface area contributed by atoms with E-state index in [0.717, 1.165) is 12.8 Å². The molecule has 0 aliphatic carbocycles. The van der Waals surface area contributed by atoms with Crippen molar-refractivity contribution in [3.8, 4) is 0 Å². The van der Waals surface area contributed by atoms with Gasteiger partial charge in [0, 0.05) is 23.8 Å². The van der Waals surface area contributed by atoms with Crippen molar-refractivity contribution in [2.45, 2.75) is 17.7 Å². The molecule has 160 valence electrons. The van der Waals surface area contributed by atoms with Crippen LogP contribution in [0.15, 0.2) is 41.3 Å². The van der Waals surface area contributed by atoms with Crippen LogP contribution in [0, 0.1) is 0 Å². The number of nitrogens with zero attached hydrogens (tertiary/aromatic N) is 1. The van der Waals surface area contributed by atoms with Crippen LogP contribution in [0.2, 0.25) is 10.0 Å². The average Bonchev–Trinajstić information content (AvgIpc) is 3.25. The Morgan fingerprint density at radius 3 is 2.37 bits per heavy atom. The van der Waals surface area contributed by atoms with Gasteiger partial charge in [0.15, 0.2) is 6.61 Å². The van der Waals surface area contributed by atoms with E-state index in [-0.39, 0.29) is 26.2 Å². The first-order valence-electron chi connectivity index (χ1n) is 9.00. The number of carbonyl (C=O) groups is 2. The van der Waals surface area contributed by atoms with Gasteiger partial charge >= 0.3 is 5.97 Å². The average molecular weight is 472 g/mol. The Labute approximate surface area is 183 Å².